The van der Waals surface area contributed by atoms with E-state index in [0.29, 0.717) is 0 Å². The van der Waals surface area contributed by atoms with Crippen molar-refractivity contribution in [2.45, 2.75) is 11.7 Å². The number of hydrogen-bond donors (Lipinski definition) is 0. The molecule has 1 saturated heterocycles. The largest absolute Gasteiger partial charge is 0.263 e. The lowest BCUT2D eigenvalue weighted by molar-refractivity contribution is 0.401. The molecule has 1 fully saturated rings. The molecule has 3 aromatic rings. The van der Waals surface area contributed by atoms with Crippen molar-refractivity contribution < 1.29 is 0 Å². The fraction of sp³-hybridized carbons (Fsp3) is 0.136. The lowest BCUT2D eigenvalue weighted by atomic mass is 9.90. The van der Waals surface area contributed by atoms with Crippen molar-refractivity contribution in [1.29, 1.82) is 0 Å². The molecule has 0 bridgehead atoms. The summed E-state index contributed by atoms with van der Waals surface area (Å²) in [5, 5.41) is 0. The van der Waals surface area contributed by atoms with Crippen LogP contribution in [0, 0.1) is 0 Å². The molecule has 0 aromatic heterocycles. The van der Waals surface area contributed by atoms with Crippen LogP contribution in [0.3, 0.4) is 0 Å². The van der Waals surface area contributed by atoms with Crippen LogP contribution in [0.4, 0.5) is 0 Å². The normalized spacial score (nSPS) is 27.4. The Balaban J connectivity index is 1.66. The van der Waals surface area contributed by atoms with Gasteiger partial charge in [0.05, 0.1) is 5.71 Å². The molecule has 3 atom stereocenters. The molecule has 0 amide bonds. The summed E-state index contributed by atoms with van der Waals surface area (Å²) in [4.78, 5) is 7.65. The summed E-state index contributed by atoms with van der Waals surface area (Å²) in [5.74, 6) is 0. The zero-order chi connectivity index (χ0) is 16.0. The zero-order valence-corrected chi connectivity index (χ0v) is 13.3. The first kappa shape index (κ1) is 13.7. The molecule has 3 aromatic carbocycles. The van der Waals surface area contributed by atoms with Crippen LogP contribution in [0.25, 0.3) is 0 Å². The Morgan fingerprint density at radius 3 is 2.00 bits per heavy atom. The van der Waals surface area contributed by atoms with Gasteiger partial charge >= 0.3 is 0 Å². The van der Waals surface area contributed by atoms with Crippen LogP contribution in [-0.2, 0) is 5.54 Å². The Kier molecular flexibility index (Phi) is 2.94. The van der Waals surface area contributed by atoms with E-state index in [0.717, 1.165) is 6.54 Å². The molecule has 2 aliphatic rings. The van der Waals surface area contributed by atoms with Gasteiger partial charge in [-0.2, -0.15) is 0 Å². The summed E-state index contributed by atoms with van der Waals surface area (Å²) in [7, 11) is 0. The highest BCUT2D eigenvalue weighted by Gasteiger charge is 2.64. The van der Waals surface area contributed by atoms with Crippen LogP contribution in [0.5, 0.6) is 0 Å². The van der Waals surface area contributed by atoms with Crippen molar-refractivity contribution >= 4 is 5.71 Å². The highest BCUT2D eigenvalue weighted by atomic mass is 15.5. The van der Waals surface area contributed by atoms with E-state index in [1.165, 1.54) is 22.4 Å². The summed E-state index contributed by atoms with van der Waals surface area (Å²) >= 11 is 0. The lowest BCUT2D eigenvalue weighted by Gasteiger charge is -2.16. The van der Waals surface area contributed by atoms with E-state index in [1.807, 2.05) is 0 Å². The van der Waals surface area contributed by atoms with Gasteiger partial charge in [-0.05, 0) is 16.7 Å². The minimum absolute atomic E-state index is 0.0663. The summed E-state index contributed by atoms with van der Waals surface area (Å²) in [6.45, 7) is 1.03. The molecule has 2 heterocycles. The highest BCUT2D eigenvalue weighted by Crippen LogP contribution is 2.56. The molecule has 0 spiro atoms. The van der Waals surface area contributed by atoms with E-state index in [1.54, 1.807) is 0 Å². The zero-order valence-electron chi connectivity index (χ0n) is 13.3. The van der Waals surface area contributed by atoms with Gasteiger partial charge in [-0.25, -0.2) is 0 Å². The Labute approximate surface area is 142 Å². The van der Waals surface area contributed by atoms with Gasteiger partial charge in [0.15, 0.2) is 0 Å². The van der Waals surface area contributed by atoms with Crippen LogP contribution in [-0.4, -0.2) is 17.2 Å². The molecule has 5 rings (SSSR count). The van der Waals surface area contributed by atoms with Gasteiger partial charge < -0.3 is 0 Å². The Hall–Kier alpha value is -2.71. The first-order chi connectivity index (χ1) is 11.9. The molecule has 0 N–H and O–H groups in total. The average Bonchev–Trinajstić information content (AvgIpc) is 3.33. The van der Waals surface area contributed by atoms with E-state index in [9.17, 15) is 0 Å². The predicted octanol–water partition coefficient (Wildman–Crippen LogP) is 4.40. The monoisotopic (exact) mass is 310 g/mol. The van der Waals surface area contributed by atoms with Gasteiger partial charge in [-0.1, -0.05) is 91.0 Å². The lowest BCUT2D eigenvalue weighted by Crippen LogP contribution is -2.23. The van der Waals surface area contributed by atoms with Gasteiger partial charge in [0.1, 0.15) is 11.7 Å². The molecule has 2 nitrogen and oxygen atoms in total. The Morgan fingerprint density at radius 1 is 0.750 bits per heavy atom. The number of nitrogens with zero attached hydrogens (tertiary/aromatic N) is 2. The maximum atomic E-state index is 5.15. The minimum Gasteiger partial charge on any atom is -0.263 e. The fourth-order valence-electron chi connectivity index (χ4n) is 3.91. The maximum Gasteiger partial charge on any atom is 0.129 e. The van der Waals surface area contributed by atoms with Crippen molar-refractivity contribution in [2.24, 2.45) is 4.99 Å². The van der Waals surface area contributed by atoms with Gasteiger partial charge in [-0.15, -0.1) is 0 Å². The second kappa shape index (κ2) is 5.15. The molecular weight excluding hydrogens is 292 g/mol. The number of rotatable bonds is 3. The number of benzene rings is 3. The van der Waals surface area contributed by atoms with Crippen LogP contribution in [0.2, 0.25) is 0 Å². The number of hydrogen-bond acceptors (Lipinski definition) is 2. The second-order valence-corrected chi connectivity index (χ2v) is 6.48. The van der Waals surface area contributed by atoms with Crippen LogP contribution in [0.15, 0.2) is 96.0 Å². The van der Waals surface area contributed by atoms with E-state index < -0.39 is 0 Å². The van der Waals surface area contributed by atoms with Gasteiger partial charge in [-0.3, -0.25) is 9.89 Å². The van der Waals surface area contributed by atoms with Crippen LogP contribution >= 0.6 is 0 Å². The first-order valence-corrected chi connectivity index (χ1v) is 8.40. The van der Waals surface area contributed by atoms with E-state index in [2.05, 4.69) is 95.9 Å². The molecule has 0 radical (unpaired) electrons. The van der Waals surface area contributed by atoms with Crippen molar-refractivity contribution in [3.63, 3.8) is 0 Å². The van der Waals surface area contributed by atoms with E-state index in [-0.39, 0.29) is 11.7 Å². The third-order valence-electron chi connectivity index (χ3n) is 5.12. The topological polar surface area (TPSA) is 15.4 Å². The standard InChI is InChI=1S/C22H18N2/c1-4-10-17(11-5-1)20-22(19-14-8-3-9-15-19)16-24(22)21(23-20)18-12-6-2-7-13-18/h1-15,21H,16H2. The van der Waals surface area contributed by atoms with Crippen molar-refractivity contribution in [3.05, 3.63) is 108 Å². The van der Waals surface area contributed by atoms with Crippen LogP contribution in [0.1, 0.15) is 22.9 Å². The molecule has 24 heavy (non-hydrogen) atoms. The molecule has 0 aliphatic carbocycles. The van der Waals surface area contributed by atoms with Crippen molar-refractivity contribution in [2.75, 3.05) is 6.54 Å². The van der Waals surface area contributed by atoms with E-state index in [4.69, 9.17) is 4.99 Å². The predicted molar refractivity (Wildman–Crippen MR) is 97.0 cm³/mol. The first-order valence-electron chi connectivity index (χ1n) is 8.40. The molecular formula is C22H18N2. The quantitative estimate of drug-likeness (QED) is 0.655. The SMILES string of the molecule is c1ccc(C2=NC(c3ccccc3)N3CC23c2ccccc2)cc1. The summed E-state index contributed by atoms with van der Waals surface area (Å²) < 4.78 is 0. The molecule has 2 heteroatoms. The smallest absolute Gasteiger partial charge is 0.129 e. The number of fused-ring (bicyclic) bond motifs is 1. The molecule has 0 saturated carbocycles. The van der Waals surface area contributed by atoms with E-state index >= 15 is 0 Å². The van der Waals surface area contributed by atoms with Crippen molar-refractivity contribution in [1.82, 2.24) is 4.90 Å². The average molecular weight is 310 g/mol. The maximum absolute atomic E-state index is 5.15. The Morgan fingerprint density at radius 2 is 1.33 bits per heavy atom. The minimum atomic E-state index is -0.0663. The third-order valence-corrected chi connectivity index (χ3v) is 5.12. The summed E-state index contributed by atoms with van der Waals surface area (Å²) in [6, 6.07) is 32.0. The van der Waals surface area contributed by atoms with Crippen molar-refractivity contribution in [3.8, 4) is 0 Å². The fourth-order valence-corrected chi connectivity index (χ4v) is 3.91. The molecule has 116 valence electrons. The number of aliphatic imine (C=N–C) groups is 1. The third kappa shape index (κ3) is 1.90. The summed E-state index contributed by atoms with van der Waals surface area (Å²) in [6.07, 6.45) is 0.113. The van der Waals surface area contributed by atoms with Gasteiger partial charge in [0, 0.05) is 6.54 Å². The van der Waals surface area contributed by atoms with Gasteiger partial charge in [0.2, 0.25) is 0 Å². The molecule has 3 unspecified atom stereocenters. The van der Waals surface area contributed by atoms with Crippen LogP contribution < -0.4 is 0 Å². The second-order valence-electron chi connectivity index (χ2n) is 6.48. The van der Waals surface area contributed by atoms with Gasteiger partial charge in [0.25, 0.3) is 0 Å². The highest BCUT2D eigenvalue weighted by molar-refractivity contribution is 6.11. The molecule has 2 aliphatic heterocycles. The Bertz CT molecular complexity index is 887. The summed E-state index contributed by atoms with van der Waals surface area (Å²) in [5.41, 5.74) is 4.96.